The highest BCUT2D eigenvalue weighted by atomic mass is 15.1. The zero-order chi connectivity index (χ0) is 19.1. The summed E-state index contributed by atoms with van der Waals surface area (Å²) in [6.07, 6.45) is 6.21. The number of nitrogens with zero attached hydrogens (tertiary/aromatic N) is 2. The molecule has 0 aliphatic carbocycles. The zero-order valence-corrected chi connectivity index (χ0v) is 18.4. The summed E-state index contributed by atoms with van der Waals surface area (Å²) in [4.78, 5) is 4.79. The molecule has 0 heterocycles. The lowest BCUT2D eigenvalue weighted by atomic mass is 9.72. The predicted molar refractivity (Wildman–Crippen MR) is 111 cm³/mol. The normalized spacial score (nSPS) is 18.2. The van der Waals surface area contributed by atoms with E-state index in [0.29, 0.717) is 17.5 Å². The SMILES string of the molecule is [B]C(C)CC(CCC(C)CC(C)(C)C(CC(C)C)N(C)C)N(C)C. The molecule has 4 atom stereocenters. The van der Waals surface area contributed by atoms with Gasteiger partial charge in [-0.05, 0) is 77.5 Å². The molecule has 0 bridgehead atoms. The van der Waals surface area contributed by atoms with Gasteiger partial charge in [0.15, 0.2) is 0 Å². The van der Waals surface area contributed by atoms with Crippen molar-refractivity contribution >= 4 is 7.85 Å². The van der Waals surface area contributed by atoms with Gasteiger partial charge in [0.25, 0.3) is 0 Å². The van der Waals surface area contributed by atoms with Crippen molar-refractivity contribution in [3.63, 3.8) is 0 Å². The van der Waals surface area contributed by atoms with Crippen LogP contribution in [0.15, 0.2) is 0 Å². The zero-order valence-electron chi connectivity index (χ0n) is 18.4. The van der Waals surface area contributed by atoms with E-state index in [1.807, 2.05) is 0 Å². The van der Waals surface area contributed by atoms with Gasteiger partial charge in [0.05, 0.1) is 7.85 Å². The third kappa shape index (κ3) is 9.46. The second-order valence-corrected chi connectivity index (χ2v) is 9.81. The maximum Gasteiger partial charge on any atom is 0.0696 e. The first-order chi connectivity index (χ1) is 10.9. The van der Waals surface area contributed by atoms with E-state index in [0.717, 1.165) is 18.3 Å². The van der Waals surface area contributed by atoms with E-state index in [-0.39, 0.29) is 5.82 Å². The molecular weight excluding hydrogens is 291 g/mol. The smallest absolute Gasteiger partial charge is 0.0696 e. The van der Waals surface area contributed by atoms with Crippen LogP contribution in [0, 0.1) is 17.3 Å². The quantitative estimate of drug-likeness (QED) is 0.458. The van der Waals surface area contributed by atoms with E-state index in [1.54, 1.807) is 0 Å². The summed E-state index contributed by atoms with van der Waals surface area (Å²) in [5.41, 5.74) is 0.349. The molecule has 142 valence electrons. The molecule has 24 heavy (non-hydrogen) atoms. The number of rotatable bonds is 12. The van der Waals surface area contributed by atoms with Crippen LogP contribution in [0.1, 0.15) is 73.6 Å². The molecule has 0 fully saturated rings. The van der Waals surface area contributed by atoms with Crippen molar-refractivity contribution in [3.05, 3.63) is 0 Å². The molecule has 4 unspecified atom stereocenters. The van der Waals surface area contributed by atoms with Crippen LogP contribution in [0.25, 0.3) is 0 Å². The Kier molecular flexibility index (Phi) is 10.9. The Morgan fingerprint density at radius 1 is 0.833 bits per heavy atom. The van der Waals surface area contributed by atoms with Crippen molar-refractivity contribution in [2.75, 3.05) is 28.2 Å². The molecule has 0 N–H and O–H groups in total. The van der Waals surface area contributed by atoms with Crippen molar-refractivity contribution in [1.29, 1.82) is 0 Å². The molecule has 0 saturated heterocycles. The molecule has 0 rings (SSSR count). The van der Waals surface area contributed by atoms with E-state index in [1.165, 1.54) is 25.7 Å². The number of hydrogen-bond donors (Lipinski definition) is 0. The summed E-state index contributed by atoms with van der Waals surface area (Å²) in [6.45, 7) is 14.2. The molecular formula is C21H45BN2. The van der Waals surface area contributed by atoms with Crippen molar-refractivity contribution in [1.82, 2.24) is 9.80 Å². The van der Waals surface area contributed by atoms with Gasteiger partial charge in [-0.2, -0.15) is 0 Å². The summed E-state index contributed by atoms with van der Waals surface area (Å²) in [5, 5.41) is 0. The van der Waals surface area contributed by atoms with Gasteiger partial charge in [-0.3, -0.25) is 0 Å². The molecule has 0 saturated carbocycles. The van der Waals surface area contributed by atoms with E-state index in [4.69, 9.17) is 7.85 Å². The van der Waals surface area contributed by atoms with Crippen LogP contribution in [0.2, 0.25) is 5.82 Å². The largest absolute Gasteiger partial charge is 0.306 e. The summed E-state index contributed by atoms with van der Waals surface area (Å²) < 4.78 is 0. The molecule has 0 aliphatic rings. The Balaban J connectivity index is 4.67. The lowest BCUT2D eigenvalue weighted by Crippen LogP contribution is -2.43. The van der Waals surface area contributed by atoms with Crippen LogP contribution in [-0.2, 0) is 0 Å². The van der Waals surface area contributed by atoms with Gasteiger partial charge in [-0.1, -0.05) is 47.4 Å². The van der Waals surface area contributed by atoms with Crippen molar-refractivity contribution < 1.29 is 0 Å². The van der Waals surface area contributed by atoms with Gasteiger partial charge >= 0.3 is 0 Å². The van der Waals surface area contributed by atoms with E-state index < -0.39 is 0 Å². The maximum atomic E-state index is 6.03. The van der Waals surface area contributed by atoms with E-state index in [9.17, 15) is 0 Å². The highest BCUT2D eigenvalue weighted by molar-refractivity contribution is 6.11. The standard InChI is InChI=1S/C21H45BN2/c1-16(2)13-20(24(9)10)21(5,6)15-17(3)11-12-19(23(7)8)14-18(4)22/h16-20H,11-15H2,1-10H3. The molecule has 2 radical (unpaired) electrons. The first-order valence-corrected chi connectivity index (χ1v) is 9.95. The molecule has 0 aliphatic heterocycles. The van der Waals surface area contributed by atoms with Crippen molar-refractivity contribution in [3.8, 4) is 0 Å². The van der Waals surface area contributed by atoms with Crippen LogP contribution in [0.4, 0.5) is 0 Å². The Morgan fingerprint density at radius 3 is 1.75 bits per heavy atom. The predicted octanol–water partition coefficient (Wildman–Crippen LogP) is 5.09. The van der Waals surface area contributed by atoms with Crippen molar-refractivity contribution in [2.45, 2.75) is 91.5 Å². The maximum absolute atomic E-state index is 6.03. The van der Waals surface area contributed by atoms with Crippen LogP contribution in [0.3, 0.4) is 0 Å². The Hall–Kier alpha value is -0.0151. The monoisotopic (exact) mass is 336 g/mol. The van der Waals surface area contributed by atoms with Gasteiger partial charge < -0.3 is 9.80 Å². The highest BCUT2D eigenvalue weighted by Gasteiger charge is 2.33. The fraction of sp³-hybridized carbons (Fsp3) is 1.00. The molecule has 0 amide bonds. The lowest BCUT2D eigenvalue weighted by molar-refractivity contribution is 0.0873. The minimum absolute atomic E-state index is 0.285. The van der Waals surface area contributed by atoms with Crippen molar-refractivity contribution in [2.24, 2.45) is 17.3 Å². The van der Waals surface area contributed by atoms with Crippen LogP contribution < -0.4 is 0 Å². The fourth-order valence-corrected chi connectivity index (χ4v) is 4.30. The minimum atomic E-state index is 0.285. The summed E-state index contributed by atoms with van der Waals surface area (Å²) in [6, 6.07) is 1.25. The molecule has 2 nitrogen and oxygen atoms in total. The van der Waals surface area contributed by atoms with Gasteiger partial charge in [0, 0.05) is 12.1 Å². The van der Waals surface area contributed by atoms with Crippen LogP contribution >= 0.6 is 0 Å². The molecule has 0 aromatic rings. The van der Waals surface area contributed by atoms with Gasteiger partial charge in [-0.15, -0.1) is 0 Å². The molecule has 3 heteroatoms. The fourth-order valence-electron chi connectivity index (χ4n) is 4.30. The van der Waals surface area contributed by atoms with E-state index in [2.05, 4.69) is 79.5 Å². The Labute approximate surface area is 155 Å². The average Bonchev–Trinajstić information content (AvgIpc) is 2.38. The van der Waals surface area contributed by atoms with Crippen LogP contribution in [0.5, 0.6) is 0 Å². The topological polar surface area (TPSA) is 6.48 Å². The number of hydrogen-bond acceptors (Lipinski definition) is 2. The molecule has 0 aromatic heterocycles. The summed E-state index contributed by atoms with van der Waals surface area (Å²) in [5.74, 6) is 1.79. The first-order valence-electron chi connectivity index (χ1n) is 9.95. The van der Waals surface area contributed by atoms with Crippen LogP contribution in [-0.4, -0.2) is 57.9 Å². The highest BCUT2D eigenvalue weighted by Crippen LogP contribution is 2.36. The Morgan fingerprint density at radius 2 is 1.38 bits per heavy atom. The lowest BCUT2D eigenvalue weighted by Gasteiger charge is -2.42. The van der Waals surface area contributed by atoms with Gasteiger partial charge in [0.1, 0.15) is 0 Å². The molecule has 0 spiro atoms. The summed E-state index contributed by atoms with van der Waals surface area (Å²) in [7, 11) is 14.9. The van der Waals surface area contributed by atoms with E-state index >= 15 is 0 Å². The van der Waals surface area contributed by atoms with Gasteiger partial charge in [0.2, 0.25) is 0 Å². The third-order valence-electron chi connectivity index (χ3n) is 5.46. The first kappa shape index (κ1) is 24.0. The molecule has 0 aromatic carbocycles. The Bertz CT molecular complexity index is 324. The second kappa shape index (κ2) is 10.9. The average molecular weight is 336 g/mol. The third-order valence-corrected chi connectivity index (χ3v) is 5.46. The minimum Gasteiger partial charge on any atom is -0.306 e. The summed E-state index contributed by atoms with van der Waals surface area (Å²) >= 11 is 0. The van der Waals surface area contributed by atoms with Gasteiger partial charge in [-0.25, -0.2) is 0 Å². The second-order valence-electron chi connectivity index (χ2n) is 9.81.